The van der Waals surface area contributed by atoms with E-state index in [0.717, 1.165) is 11.3 Å². The Morgan fingerprint density at radius 1 is 1.20 bits per heavy atom. The minimum absolute atomic E-state index is 0.301. The zero-order valence-corrected chi connectivity index (χ0v) is 11.3. The van der Waals surface area contributed by atoms with Gasteiger partial charge in [0.15, 0.2) is 0 Å². The molecule has 0 heterocycles. The molecular formula is C16H18FNO2. The van der Waals surface area contributed by atoms with Gasteiger partial charge in [0.25, 0.3) is 0 Å². The van der Waals surface area contributed by atoms with Crippen LogP contribution in [0.3, 0.4) is 0 Å². The summed E-state index contributed by atoms with van der Waals surface area (Å²) in [6, 6.07) is 13.6. The van der Waals surface area contributed by atoms with Crippen molar-refractivity contribution in [2.24, 2.45) is 0 Å². The number of nitrogens with one attached hydrogen (secondary N) is 1. The fraction of sp³-hybridized carbons (Fsp3) is 0.250. The summed E-state index contributed by atoms with van der Waals surface area (Å²) in [5.74, 6) is 0.508. The van der Waals surface area contributed by atoms with Crippen molar-refractivity contribution in [1.82, 2.24) is 5.32 Å². The van der Waals surface area contributed by atoms with Crippen molar-refractivity contribution in [3.63, 3.8) is 0 Å². The van der Waals surface area contributed by atoms with Gasteiger partial charge in [-0.3, -0.25) is 0 Å². The van der Waals surface area contributed by atoms with Gasteiger partial charge >= 0.3 is 0 Å². The number of hydrogen-bond donors (Lipinski definition) is 2. The maximum Gasteiger partial charge on any atom is 0.123 e. The molecule has 2 aromatic rings. The van der Waals surface area contributed by atoms with Crippen molar-refractivity contribution in [2.75, 3.05) is 13.7 Å². The third-order valence-corrected chi connectivity index (χ3v) is 3.06. The predicted octanol–water partition coefficient (Wildman–Crippen LogP) is 2.66. The quantitative estimate of drug-likeness (QED) is 0.851. The fourth-order valence-corrected chi connectivity index (χ4v) is 1.94. The largest absolute Gasteiger partial charge is 0.497 e. The Bertz CT molecular complexity index is 542. The molecule has 0 aliphatic heterocycles. The van der Waals surface area contributed by atoms with Crippen LogP contribution in [-0.4, -0.2) is 18.8 Å². The van der Waals surface area contributed by atoms with Gasteiger partial charge in [-0.25, -0.2) is 4.39 Å². The van der Waals surface area contributed by atoms with Crippen LogP contribution in [0.1, 0.15) is 17.2 Å². The number of methoxy groups -OCH3 is 1. The third kappa shape index (κ3) is 4.05. The molecule has 0 aliphatic rings. The molecule has 0 bridgehead atoms. The van der Waals surface area contributed by atoms with E-state index in [4.69, 9.17) is 4.74 Å². The summed E-state index contributed by atoms with van der Waals surface area (Å²) >= 11 is 0. The lowest BCUT2D eigenvalue weighted by atomic mass is 10.1. The molecule has 0 amide bonds. The molecule has 2 aromatic carbocycles. The minimum Gasteiger partial charge on any atom is -0.497 e. The van der Waals surface area contributed by atoms with Gasteiger partial charge in [0.1, 0.15) is 11.6 Å². The van der Waals surface area contributed by atoms with Gasteiger partial charge in [0.05, 0.1) is 13.2 Å². The molecule has 1 atom stereocenters. The molecule has 0 saturated carbocycles. The second kappa shape index (κ2) is 7.03. The number of aliphatic hydroxyl groups excluding tert-OH is 1. The highest BCUT2D eigenvalue weighted by molar-refractivity contribution is 5.28. The molecule has 106 valence electrons. The Morgan fingerprint density at radius 2 is 1.95 bits per heavy atom. The maximum atomic E-state index is 12.8. The van der Waals surface area contributed by atoms with E-state index < -0.39 is 6.10 Å². The lowest BCUT2D eigenvalue weighted by molar-refractivity contribution is 0.174. The molecule has 2 N–H and O–H groups in total. The van der Waals surface area contributed by atoms with E-state index >= 15 is 0 Å². The average molecular weight is 275 g/mol. The van der Waals surface area contributed by atoms with Crippen LogP contribution in [0.4, 0.5) is 4.39 Å². The Morgan fingerprint density at radius 3 is 2.65 bits per heavy atom. The normalized spacial score (nSPS) is 12.2. The predicted molar refractivity (Wildman–Crippen MR) is 76.1 cm³/mol. The zero-order valence-electron chi connectivity index (χ0n) is 11.3. The highest BCUT2D eigenvalue weighted by atomic mass is 19.1. The third-order valence-electron chi connectivity index (χ3n) is 3.06. The summed E-state index contributed by atoms with van der Waals surface area (Å²) in [4.78, 5) is 0. The Hall–Kier alpha value is -1.91. The summed E-state index contributed by atoms with van der Waals surface area (Å²) in [5, 5.41) is 13.1. The van der Waals surface area contributed by atoms with Crippen molar-refractivity contribution in [3.8, 4) is 5.75 Å². The monoisotopic (exact) mass is 275 g/mol. The standard InChI is InChI=1S/C16H18FNO2/c1-20-15-4-2-3-12(9-15)10-18-11-16(19)13-5-7-14(17)8-6-13/h2-9,16,18-19H,10-11H2,1H3/t16-/m1/s1. The minimum atomic E-state index is -0.652. The van der Waals surface area contributed by atoms with Gasteiger partial charge in [-0.05, 0) is 35.4 Å². The van der Waals surface area contributed by atoms with Gasteiger partial charge < -0.3 is 15.2 Å². The Labute approximate surface area is 118 Å². The topological polar surface area (TPSA) is 41.5 Å². The molecule has 0 fully saturated rings. The van der Waals surface area contributed by atoms with Crippen LogP contribution in [0.25, 0.3) is 0 Å². The number of halogens is 1. The van der Waals surface area contributed by atoms with E-state index in [0.29, 0.717) is 18.7 Å². The first-order valence-corrected chi connectivity index (χ1v) is 6.46. The molecule has 3 nitrogen and oxygen atoms in total. The number of hydrogen-bond acceptors (Lipinski definition) is 3. The number of aliphatic hydroxyl groups is 1. The second-order valence-electron chi connectivity index (χ2n) is 4.55. The van der Waals surface area contributed by atoms with E-state index in [1.54, 1.807) is 19.2 Å². The molecule has 0 aliphatic carbocycles. The zero-order chi connectivity index (χ0) is 14.4. The van der Waals surface area contributed by atoms with Crippen LogP contribution in [0.15, 0.2) is 48.5 Å². The first-order valence-electron chi connectivity index (χ1n) is 6.46. The van der Waals surface area contributed by atoms with Gasteiger partial charge in [-0.1, -0.05) is 24.3 Å². The fourth-order valence-electron chi connectivity index (χ4n) is 1.94. The van der Waals surface area contributed by atoms with Crippen LogP contribution in [0.5, 0.6) is 5.75 Å². The summed E-state index contributed by atoms with van der Waals surface area (Å²) in [7, 11) is 1.63. The van der Waals surface area contributed by atoms with Gasteiger partial charge in [0, 0.05) is 13.1 Å². The second-order valence-corrected chi connectivity index (χ2v) is 4.55. The molecule has 0 aromatic heterocycles. The van der Waals surface area contributed by atoms with E-state index in [2.05, 4.69) is 5.32 Å². The summed E-state index contributed by atoms with van der Waals surface area (Å²) in [6.07, 6.45) is -0.652. The Balaban J connectivity index is 1.84. The molecular weight excluding hydrogens is 257 g/mol. The lowest BCUT2D eigenvalue weighted by Crippen LogP contribution is -2.21. The Kier molecular flexibility index (Phi) is 5.09. The summed E-state index contributed by atoms with van der Waals surface area (Å²) < 4.78 is 17.9. The first-order chi connectivity index (χ1) is 9.69. The van der Waals surface area contributed by atoms with Crippen molar-refractivity contribution in [3.05, 3.63) is 65.5 Å². The molecule has 0 spiro atoms. The van der Waals surface area contributed by atoms with E-state index in [1.807, 2.05) is 24.3 Å². The number of rotatable bonds is 6. The average Bonchev–Trinajstić information content (AvgIpc) is 2.48. The lowest BCUT2D eigenvalue weighted by Gasteiger charge is -2.12. The molecule has 0 unspecified atom stereocenters. The summed E-state index contributed by atoms with van der Waals surface area (Å²) in [6.45, 7) is 1.04. The van der Waals surface area contributed by atoms with Gasteiger partial charge in [0.2, 0.25) is 0 Å². The molecule has 0 saturated heterocycles. The van der Waals surface area contributed by atoms with Crippen molar-refractivity contribution in [2.45, 2.75) is 12.6 Å². The maximum absolute atomic E-state index is 12.8. The number of benzene rings is 2. The molecule has 0 radical (unpaired) electrons. The van der Waals surface area contributed by atoms with E-state index in [-0.39, 0.29) is 5.82 Å². The SMILES string of the molecule is COc1cccc(CNC[C@@H](O)c2ccc(F)cc2)c1. The summed E-state index contributed by atoms with van der Waals surface area (Å²) in [5.41, 5.74) is 1.78. The van der Waals surface area contributed by atoms with Gasteiger partial charge in [-0.2, -0.15) is 0 Å². The van der Waals surface area contributed by atoms with Crippen LogP contribution in [0.2, 0.25) is 0 Å². The van der Waals surface area contributed by atoms with Crippen LogP contribution in [-0.2, 0) is 6.54 Å². The highest BCUT2D eigenvalue weighted by Crippen LogP contribution is 2.14. The molecule has 20 heavy (non-hydrogen) atoms. The van der Waals surface area contributed by atoms with Crippen LogP contribution < -0.4 is 10.1 Å². The van der Waals surface area contributed by atoms with Crippen LogP contribution in [0, 0.1) is 5.82 Å². The number of ether oxygens (including phenoxy) is 1. The smallest absolute Gasteiger partial charge is 0.123 e. The van der Waals surface area contributed by atoms with Crippen molar-refractivity contribution >= 4 is 0 Å². The molecule has 2 rings (SSSR count). The molecule has 4 heteroatoms. The first kappa shape index (κ1) is 14.5. The van der Waals surface area contributed by atoms with E-state index in [9.17, 15) is 9.50 Å². The van der Waals surface area contributed by atoms with Gasteiger partial charge in [-0.15, -0.1) is 0 Å². The highest BCUT2D eigenvalue weighted by Gasteiger charge is 2.07. The van der Waals surface area contributed by atoms with E-state index in [1.165, 1.54) is 12.1 Å². The van der Waals surface area contributed by atoms with Crippen molar-refractivity contribution < 1.29 is 14.2 Å². The van der Waals surface area contributed by atoms with Crippen molar-refractivity contribution in [1.29, 1.82) is 0 Å². The van der Waals surface area contributed by atoms with Crippen LogP contribution >= 0.6 is 0 Å².